The van der Waals surface area contributed by atoms with E-state index >= 15 is 0 Å². The summed E-state index contributed by atoms with van der Waals surface area (Å²) >= 11 is 0. The van der Waals surface area contributed by atoms with Gasteiger partial charge in [-0.25, -0.2) is 0 Å². The van der Waals surface area contributed by atoms with E-state index in [4.69, 9.17) is 0 Å². The lowest BCUT2D eigenvalue weighted by Gasteiger charge is -2.04. The molecular weight excluding hydrogens is 260 g/mol. The van der Waals surface area contributed by atoms with E-state index in [0.717, 1.165) is 23.1 Å². The smallest absolute Gasteiger partial charge is 0.141 e. The van der Waals surface area contributed by atoms with Gasteiger partial charge in [0.2, 0.25) is 0 Å². The van der Waals surface area contributed by atoms with Crippen molar-refractivity contribution in [2.24, 2.45) is 0 Å². The zero-order valence-corrected chi connectivity index (χ0v) is 12.3. The zero-order chi connectivity index (χ0) is 15.1. The van der Waals surface area contributed by atoms with E-state index in [1.54, 1.807) is 6.92 Å². The maximum absolute atomic E-state index is 12.0. The van der Waals surface area contributed by atoms with Crippen molar-refractivity contribution in [2.75, 3.05) is 0 Å². The molecular formula is C19H20O2. The SMILES string of the molecule is CC(=O)CCc1ccc(CC(=O)Cc2ccccc2)cc1. The lowest BCUT2D eigenvalue weighted by Crippen LogP contribution is -2.06. The van der Waals surface area contributed by atoms with Crippen molar-refractivity contribution in [2.45, 2.75) is 32.6 Å². The molecule has 0 aliphatic carbocycles. The van der Waals surface area contributed by atoms with Crippen LogP contribution in [0.5, 0.6) is 0 Å². The molecule has 0 bridgehead atoms. The van der Waals surface area contributed by atoms with Crippen molar-refractivity contribution < 1.29 is 9.59 Å². The third-order valence-electron chi connectivity index (χ3n) is 3.43. The number of Topliss-reactive ketones (excluding diaryl/α,β-unsaturated/α-hetero) is 2. The number of benzene rings is 2. The summed E-state index contributed by atoms with van der Waals surface area (Å²) < 4.78 is 0. The predicted octanol–water partition coefficient (Wildman–Crippen LogP) is 3.56. The minimum absolute atomic E-state index is 0.206. The van der Waals surface area contributed by atoms with Crippen molar-refractivity contribution in [1.29, 1.82) is 0 Å². The molecule has 0 aliphatic rings. The van der Waals surface area contributed by atoms with Crippen LogP contribution < -0.4 is 0 Å². The van der Waals surface area contributed by atoms with Crippen LogP contribution in [0.3, 0.4) is 0 Å². The van der Waals surface area contributed by atoms with Crippen molar-refractivity contribution in [3.8, 4) is 0 Å². The molecule has 0 saturated heterocycles. The predicted molar refractivity (Wildman–Crippen MR) is 84.3 cm³/mol. The Balaban J connectivity index is 1.88. The summed E-state index contributed by atoms with van der Waals surface area (Å²) in [7, 11) is 0. The number of carbonyl (C=O) groups excluding carboxylic acids is 2. The van der Waals surface area contributed by atoms with Crippen LogP contribution in [0, 0.1) is 0 Å². The molecule has 2 rings (SSSR count). The molecule has 0 unspecified atom stereocenters. The van der Waals surface area contributed by atoms with E-state index in [1.165, 1.54) is 0 Å². The van der Waals surface area contributed by atoms with Gasteiger partial charge in [0.25, 0.3) is 0 Å². The standard InChI is InChI=1S/C19H20O2/c1-15(20)7-8-16-9-11-18(12-10-16)14-19(21)13-17-5-3-2-4-6-17/h2-6,9-12H,7-8,13-14H2,1H3. The van der Waals surface area contributed by atoms with Gasteiger partial charge in [-0.15, -0.1) is 0 Å². The summed E-state index contributed by atoms with van der Waals surface area (Å²) in [5.41, 5.74) is 3.23. The molecule has 0 N–H and O–H groups in total. The van der Waals surface area contributed by atoms with E-state index in [2.05, 4.69) is 0 Å². The van der Waals surface area contributed by atoms with Gasteiger partial charge < -0.3 is 4.79 Å². The van der Waals surface area contributed by atoms with Gasteiger partial charge in [-0.3, -0.25) is 4.79 Å². The lowest BCUT2D eigenvalue weighted by molar-refractivity contribution is -0.118. The summed E-state index contributed by atoms with van der Waals surface area (Å²) in [5, 5.41) is 0. The molecule has 0 amide bonds. The fraction of sp³-hybridized carbons (Fsp3) is 0.263. The Labute approximate surface area is 125 Å². The number of carbonyl (C=O) groups is 2. The molecule has 0 spiro atoms. The maximum Gasteiger partial charge on any atom is 0.141 e. The normalized spacial score (nSPS) is 10.3. The second-order valence-corrected chi connectivity index (χ2v) is 5.40. The van der Waals surface area contributed by atoms with Crippen LogP contribution in [-0.2, 0) is 28.9 Å². The first-order valence-electron chi connectivity index (χ1n) is 7.26. The largest absolute Gasteiger partial charge is 0.300 e. The first-order chi connectivity index (χ1) is 10.1. The Bertz CT molecular complexity index is 597. The zero-order valence-electron chi connectivity index (χ0n) is 12.3. The van der Waals surface area contributed by atoms with Gasteiger partial charge in [-0.1, -0.05) is 54.6 Å². The minimum Gasteiger partial charge on any atom is -0.300 e. The number of hydrogen-bond acceptors (Lipinski definition) is 2. The summed E-state index contributed by atoms with van der Waals surface area (Å²) in [5.74, 6) is 0.426. The second kappa shape index (κ2) is 7.53. The Kier molecular flexibility index (Phi) is 5.44. The molecule has 0 radical (unpaired) electrons. The van der Waals surface area contributed by atoms with Crippen LogP contribution in [0.4, 0.5) is 0 Å². The molecule has 0 saturated carbocycles. The van der Waals surface area contributed by atoms with E-state index < -0.39 is 0 Å². The lowest BCUT2D eigenvalue weighted by atomic mass is 10.0. The fourth-order valence-electron chi connectivity index (χ4n) is 2.26. The first kappa shape index (κ1) is 15.2. The van der Waals surface area contributed by atoms with Crippen LogP contribution in [0.1, 0.15) is 30.0 Å². The van der Waals surface area contributed by atoms with Gasteiger partial charge in [0, 0.05) is 19.3 Å². The molecule has 2 aromatic carbocycles. The van der Waals surface area contributed by atoms with E-state index in [9.17, 15) is 9.59 Å². The maximum atomic E-state index is 12.0. The van der Waals surface area contributed by atoms with Crippen LogP contribution in [0.2, 0.25) is 0 Å². The second-order valence-electron chi connectivity index (χ2n) is 5.40. The molecule has 2 aromatic rings. The Morgan fingerprint density at radius 3 is 1.86 bits per heavy atom. The monoisotopic (exact) mass is 280 g/mol. The van der Waals surface area contributed by atoms with Crippen LogP contribution in [-0.4, -0.2) is 11.6 Å². The highest BCUT2D eigenvalue weighted by atomic mass is 16.1. The number of ketones is 2. The highest BCUT2D eigenvalue weighted by Gasteiger charge is 2.05. The molecule has 0 aliphatic heterocycles. The molecule has 108 valence electrons. The topological polar surface area (TPSA) is 34.1 Å². The van der Waals surface area contributed by atoms with Gasteiger partial charge in [0.15, 0.2) is 0 Å². The number of aryl methyl sites for hydroxylation is 1. The van der Waals surface area contributed by atoms with Crippen LogP contribution in [0.25, 0.3) is 0 Å². The van der Waals surface area contributed by atoms with E-state index in [0.29, 0.717) is 19.3 Å². The summed E-state index contributed by atoms with van der Waals surface area (Å²) in [6.45, 7) is 1.61. The molecule has 21 heavy (non-hydrogen) atoms. The van der Waals surface area contributed by atoms with Gasteiger partial charge in [-0.2, -0.15) is 0 Å². The Morgan fingerprint density at radius 2 is 1.29 bits per heavy atom. The quantitative estimate of drug-likeness (QED) is 0.777. The van der Waals surface area contributed by atoms with E-state index in [-0.39, 0.29) is 11.6 Å². The minimum atomic E-state index is 0.206. The van der Waals surface area contributed by atoms with Gasteiger partial charge in [0.1, 0.15) is 11.6 Å². The van der Waals surface area contributed by atoms with Gasteiger partial charge in [0.05, 0.1) is 0 Å². The van der Waals surface area contributed by atoms with Crippen molar-refractivity contribution >= 4 is 11.6 Å². The Hall–Kier alpha value is -2.22. The summed E-state index contributed by atoms with van der Waals surface area (Å²) in [6.07, 6.45) is 2.29. The summed E-state index contributed by atoms with van der Waals surface area (Å²) in [4.78, 5) is 23.0. The molecule has 0 heterocycles. The average Bonchev–Trinajstić information content (AvgIpc) is 2.47. The van der Waals surface area contributed by atoms with Gasteiger partial charge in [-0.05, 0) is 30.0 Å². The van der Waals surface area contributed by atoms with Crippen molar-refractivity contribution in [3.05, 3.63) is 71.3 Å². The molecule has 0 aromatic heterocycles. The van der Waals surface area contributed by atoms with Crippen LogP contribution >= 0.6 is 0 Å². The van der Waals surface area contributed by atoms with Crippen molar-refractivity contribution in [1.82, 2.24) is 0 Å². The number of hydrogen-bond donors (Lipinski definition) is 0. The molecule has 0 atom stereocenters. The molecule has 0 fully saturated rings. The summed E-state index contributed by atoms with van der Waals surface area (Å²) in [6, 6.07) is 17.8. The highest BCUT2D eigenvalue weighted by molar-refractivity contribution is 5.83. The van der Waals surface area contributed by atoms with Gasteiger partial charge >= 0.3 is 0 Å². The van der Waals surface area contributed by atoms with Crippen LogP contribution in [0.15, 0.2) is 54.6 Å². The molecule has 2 nitrogen and oxygen atoms in total. The third-order valence-corrected chi connectivity index (χ3v) is 3.43. The highest BCUT2D eigenvalue weighted by Crippen LogP contribution is 2.09. The number of rotatable bonds is 7. The third kappa shape index (κ3) is 5.35. The first-order valence-corrected chi connectivity index (χ1v) is 7.26. The van der Waals surface area contributed by atoms with Crippen molar-refractivity contribution in [3.63, 3.8) is 0 Å². The van der Waals surface area contributed by atoms with E-state index in [1.807, 2.05) is 54.6 Å². The Morgan fingerprint density at radius 1 is 0.762 bits per heavy atom. The fourth-order valence-corrected chi connectivity index (χ4v) is 2.26. The molecule has 2 heteroatoms. The average molecular weight is 280 g/mol.